The summed E-state index contributed by atoms with van der Waals surface area (Å²) in [5.74, 6) is 1.08. The Hall–Kier alpha value is -3.42. The first-order chi connectivity index (χ1) is 12.2. The quantitative estimate of drug-likeness (QED) is 0.580. The fourth-order valence-corrected chi connectivity index (χ4v) is 2.54. The average molecular weight is 337 g/mol. The van der Waals surface area contributed by atoms with E-state index < -0.39 is 6.04 Å². The minimum atomic E-state index is -0.540. The summed E-state index contributed by atoms with van der Waals surface area (Å²) in [5.41, 5.74) is 4.85. The number of nitrogens with zero attached hydrogens (tertiary/aromatic N) is 4. The van der Waals surface area contributed by atoms with Crippen molar-refractivity contribution >= 4 is 23.2 Å². The standard InChI is InChI=1S/C17H15N5O3/c1-11(22-14-5-3-2-4-13(14)19-21-22)17(23)20-18-9-12-6-7-15-16(8-12)25-10-24-15/h2-9,11H,10H2,1H3,(H,20,23)/b18-9-/t11-/m1/s1. The van der Waals surface area contributed by atoms with Gasteiger partial charge in [0.1, 0.15) is 11.6 Å². The summed E-state index contributed by atoms with van der Waals surface area (Å²) >= 11 is 0. The Kier molecular flexibility index (Phi) is 3.77. The molecule has 8 nitrogen and oxygen atoms in total. The second kappa shape index (κ2) is 6.23. The van der Waals surface area contributed by atoms with Crippen molar-refractivity contribution in [2.24, 2.45) is 5.10 Å². The van der Waals surface area contributed by atoms with Crippen LogP contribution in [-0.2, 0) is 4.79 Å². The molecule has 0 fully saturated rings. The number of fused-ring (bicyclic) bond motifs is 2. The number of benzene rings is 2. The van der Waals surface area contributed by atoms with E-state index >= 15 is 0 Å². The first-order valence-electron chi connectivity index (χ1n) is 7.75. The number of hydrogen-bond acceptors (Lipinski definition) is 6. The Morgan fingerprint density at radius 1 is 1.28 bits per heavy atom. The molecule has 2 aromatic carbocycles. The van der Waals surface area contributed by atoms with Crippen molar-refractivity contribution in [1.82, 2.24) is 20.4 Å². The Balaban J connectivity index is 1.45. The summed E-state index contributed by atoms with van der Waals surface area (Å²) in [7, 11) is 0. The Labute approximate surface area is 143 Å². The van der Waals surface area contributed by atoms with Crippen molar-refractivity contribution in [3.8, 4) is 11.5 Å². The summed E-state index contributed by atoms with van der Waals surface area (Å²) in [4.78, 5) is 12.3. The van der Waals surface area contributed by atoms with Crippen molar-refractivity contribution in [2.75, 3.05) is 6.79 Å². The van der Waals surface area contributed by atoms with E-state index in [1.165, 1.54) is 0 Å². The van der Waals surface area contributed by atoms with E-state index in [0.717, 1.165) is 16.6 Å². The van der Waals surface area contributed by atoms with Gasteiger partial charge in [-0.15, -0.1) is 5.10 Å². The lowest BCUT2D eigenvalue weighted by Crippen LogP contribution is -2.28. The van der Waals surface area contributed by atoms with Gasteiger partial charge in [-0.2, -0.15) is 5.10 Å². The molecule has 0 saturated heterocycles. The maximum atomic E-state index is 12.3. The van der Waals surface area contributed by atoms with Crippen LogP contribution in [0.3, 0.4) is 0 Å². The first kappa shape index (κ1) is 15.1. The predicted molar refractivity (Wildman–Crippen MR) is 90.5 cm³/mol. The maximum absolute atomic E-state index is 12.3. The van der Waals surface area contributed by atoms with E-state index in [2.05, 4.69) is 20.8 Å². The molecule has 0 unspecified atom stereocenters. The number of aromatic nitrogens is 3. The summed E-state index contributed by atoms with van der Waals surface area (Å²) in [6.07, 6.45) is 1.55. The molecule has 2 heterocycles. The molecule has 3 aromatic rings. The van der Waals surface area contributed by atoms with Gasteiger partial charge in [0.25, 0.3) is 5.91 Å². The zero-order valence-corrected chi connectivity index (χ0v) is 13.4. The van der Waals surface area contributed by atoms with E-state index in [0.29, 0.717) is 11.5 Å². The van der Waals surface area contributed by atoms with Gasteiger partial charge in [0, 0.05) is 0 Å². The van der Waals surface area contributed by atoms with Crippen molar-refractivity contribution in [1.29, 1.82) is 0 Å². The lowest BCUT2D eigenvalue weighted by Gasteiger charge is -2.10. The van der Waals surface area contributed by atoms with Gasteiger partial charge in [-0.1, -0.05) is 17.3 Å². The normalized spacial score (nSPS) is 14.1. The summed E-state index contributed by atoms with van der Waals surface area (Å²) < 4.78 is 12.1. The van der Waals surface area contributed by atoms with E-state index in [1.807, 2.05) is 30.3 Å². The van der Waals surface area contributed by atoms with Crippen molar-refractivity contribution in [3.63, 3.8) is 0 Å². The zero-order valence-electron chi connectivity index (χ0n) is 13.4. The molecule has 1 N–H and O–H groups in total. The number of carbonyl (C=O) groups excluding carboxylic acids is 1. The van der Waals surface area contributed by atoms with E-state index in [4.69, 9.17) is 9.47 Å². The van der Waals surface area contributed by atoms with E-state index in [-0.39, 0.29) is 12.7 Å². The van der Waals surface area contributed by atoms with Crippen LogP contribution in [0, 0.1) is 0 Å². The van der Waals surface area contributed by atoms with Crippen molar-refractivity contribution in [3.05, 3.63) is 48.0 Å². The predicted octanol–water partition coefficient (Wildman–Crippen LogP) is 1.87. The number of rotatable bonds is 4. The third kappa shape index (κ3) is 2.89. The number of para-hydroxylation sites is 1. The molecule has 1 aromatic heterocycles. The van der Waals surface area contributed by atoms with Crippen LogP contribution < -0.4 is 14.9 Å². The summed E-state index contributed by atoms with van der Waals surface area (Å²) in [6.45, 7) is 1.96. The number of hydrazone groups is 1. The van der Waals surface area contributed by atoms with Crippen LogP contribution in [0.2, 0.25) is 0 Å². The van der Waals surface area contributed by atoms with Gasteiger partial charge < -0.3 is 9.47 Å². The average Bonchev–Trinajstić information content (AvgIpc) is 3.27. The van der Waals surface area contributed by atoms with Gasteiger partial charge in [-0.3, -0.25) is 4.79 Å². The molecule has 1 aliphatic heterocycles. The van der Waals surface area contributed by atoms with Crippen LogP contribution in [0.1, 0.15) is 18.5 Å². The zero-order chi connectivity index (χ0) is 17.2. The van der Waals surface area contributed by atoms with Crippen LogP contribution in [0.25, 0.3) is 11.0 Å². The third-order valence-corrected chi connectivity index (χ3v) is 3.91. The van der Waals surface area contributed by atoms with Gasteiger partial charge in [0.05, 0.1) is 11.7 Å². The monoisotopic (exact) mass is 337 g/mol. The Morgan fingerprint density at radius 2 is 2.12 bits per heavy atom. The SMILES string of the molecule is C[C@H](C(=O)N/N=C\c1ccc2c(c1)OCO2)n1nnc2ccccc21. The van der Waals surface area contributed by atoms with Crippen molar-refractivity contribution in [2.45, 2.75) is 13.0 Å². The lowest BCUT2D eigenvalue weighted by atomic mass is 10.2. The maximum Gasteiger partial charge on any atom is 0.264 e. The van der Waals surface area contributed by atoms with Gasteiger partial charge in [0.2, 0.25) is 6.79 Å². The molecule has 25 heavy (non-hydrogen) atoms. The Morgan fingerprint density at radius 3 is 3.04 bits per heavy atom. The highest BCUT2D eigenvalue weighted by Gasteiger charge is 2.18. The van der Waals surface area contributed by atoms with Crippen LogP contribution >= 0.6 is 0 Å². The minimum Gasteiger partial charge on any atom is -0.454 e. The second-order valence-corrected chi connectivity index (χ2v) is 5.55. The molecule has 8 heteroatoms. The molecular formula is C17H15N5O3. The fourth-order valence-electron chi connectivity index (χ4n) is 2.54. The van der Waals surface area contributed by atoms with Gasteiger partial charge >= 0.3 is 0 Å². The molecule has 0 saturated carbocycles. The summed E-state index contributed by atoms with van der Waals surface area (Å²) in [5, 5.41) is 12.1. The molecule has 0 radical (unpaired) electrons. The summed E-state index contributed by atoms with van der Waals surface area (Å²) in [6, 6.07) is 12.4. The van der Waals surface area contributed by atoms with Crippen LogP contribution in [0.5, 0.6) is 11.5 Å². The van der Waals surface area contributed by atoms with Gasteiger partial charge in [0.15, 0.2) is 11.5 Å². The second-order valence-electron chi connectivity index (χ2n) is 5.55. The highest BCUT2D eigenvalue weighted by atomic mass is 16.7. The van der Waals surface area contributed by atoms with Crippen LogP contribution in [0.15, 0.2) is 47.6 Å². The number of ether oxygens (including phenoxy) is 2. The minimum absolute atomic E-state index is 0.218. The number of hydrogen-bond donors (Lipinski definition) is 1. The lowest BCUT2D eigenvalue weighted by molar-refractivity contribution is -0.124. The van der Waals surface area contributed by atoms with Crippen LogP contribution in [0.4, 0.5) is 0 Å². The first-order valence-corrected chi connectivity index (χ1v) is 7.75. The molecule has 0 spiro atoms. The number of amides is 1. The molecule has 4 rings (SSSR count). The molecule has 1 amide bonds. The highest BCUT2D eigenvalue weighted by molar-refractivity contribution is 5.85. The van der Waals surface area contributed by atoms with Gasteiger partial charge in [-0.05, 0) is 42.8 Å². The smallest absolute Gasteiger partial charge is 0.264 e. The molecule has 1 aliphatic rings. The topological polar surface area (TPSA) is 90.6 Å². The fraction of sp³-hybridized carbons (Fsp3) is 0.176. The van der Waals surface area contributed by atoms with Gasteiger partial charge in [-0.25, -0.2) is 10.1 Å². The molecule has 126 valence electrons. The molecule has 0 aliphatic carbocycles. The molecule has 0 bridgehead atoms. The molecule has 1 atom stereocenters. The molecular weight excluding hydrogens is 322 g/mol. The van der Waals surface area contributed by atoms with E-state index in [1.54, 1.807) is 30.0 Å². The van der Waals surface area contributed by atoms with E-state index in [9.17, 15) is 4.79 Å². The number of nitrogens with one attached hydrogen (secondary N) is 1. The number of carbonyl (C=O) groups is 1. The highest BCUT2D eigenvalue weighted by Crippen LogP contribution is 2.31. The largest absolute Gasteiger partial charge is 0.454 e. The third-order valence-electron chi connectivity index (χ3n) is 3.91. The van der Waals surface area contributed by atoms with Crippen molar-refractivity contribution < 1.29 is 14.3 Å². The Bertz CT molecular complexity index is 966. The van der Waals surface area contributed by atoms with Crippen LogP contribution in [-0.4, -0.2) is 33.9 Å².